The maximum absolute atomic E-state index is 13.7. The Kier molecular flexibility index (Phi) is 11.2. The SMILES string of the molecule is Cc1nn(C2CCC(=O)NC2=O)c(=O)c2c(NCC(=O)N3CCN(Cc4ccc(-c5cnc(N6CCO[C@H](Cn7nnc8nc(-c9cnn(C)c9)cnc87)C6)nc5)cc4)CC3)cccc12. The molecule has 1 unspecified atom stereocenters. The van der Waals surface area contributed by atoms with E-state index in [1.807, 2.05) is 30.5 Å². The van der Waals surface area contributed by atoms with Gasteiger partial charge in [0.1, 0.15) is 6.04 Å². The van der Waals surface area contributed by atoms with E-state index in [4.69, 9.17) is 14.7 Å². The van der Waals surface area contributed by atoms with Crippen LogP contribution in [0.5, 0.6) is 0 Å². The summed E-state index contributed by atoms with van der Waals surface area (Å²) in [6, 6.07) is 12.9. The van der Waals surface area contributed by atoms with Gasteiger partial charge in [-0.3, -0.25) is 34.1 Å². The van der Waals surface area contributed by atoms with Gasteiger partial charge in [0.2, 0.25) is 23.4 Å². The van der Waals surface area contributed by atoms with Gasteiger partial charge in [0.25, 0.3) is 11.5 Å². The second kappa shape index (κ2) is 17.6. The maximum atomic E-state index is 13.7. The van der Waals surface area contributed by atoms with Gasteiger partial charge in [-0.05, 0) is 30.5 Å². The number of ether oxygens (including phenoxy) is 1. The van der Waals surface area contributed by atoms with Crippen LogP contribution in [0, 0.1) is 6.92 Å². The molecule has 7 aromatic rings. The summed E-state index contributed by atoms with van der Waals surface area (Å²) in [5.74, 6) is -0.357. The van der Waals surface area contributed by atoms with Crippen molar-refractivity contribution in [2.45, 2.75) is 45.0 Å². The van der Waals surface area contributed by atoms with E-state index in [-0.39, 0.29) is 37.3 Å². The lowest BCUT2D eigenvalue weighted by atomic mass is 10.1. The Balaban J connectivity index is 0.703. The lowest BCUT2D eigenvalue weighted by molar-refractivity contribution is -0.136. The molecule has 3 amide bonds. The fourth-order valence-electron chi connectivity index (χ4n) is 8.65. The number of benzene rings is 2. The molecular formula is C44H46N16O5. The number of piperazine rings is 1. The number of aromatic nitrogens is 11. The largest absolute Gasteiger partial charge is 0.375 e. The number of rotatable bonds is 11. The van der Waals surface area contributed by atoms with Crippen LogP contribution in [0.25, 0.3) is 44.5 Å². The van der Waals surface area contributed by atoms with Crippen molar-refractivity contribution in [2.75, 3.05) is 62.6 Å². The second-order valence-electron chi connectivity index (χ2n) is 16.5. The Labute approximate surface area is 371 Å². The van der Waals surface area contributed by atoms with Crippen LogP contribution in [0.1, 0.15) is 30.1 Å². The highest BCUT2D eigenvalue weighted by Gasteiger charge is 2.31. The van der Waals surface area contributed by atoms with Gasteiger partial charge in [-0.15, -0.1) is 5.10 Å². The molecule has 10 rings (SSSR count). The summed E-state index contributed by atoms with van der Waals surface area (Å²) in [4.78, 5) is 76.4. The molecule has 3 aliphatic heterocycles. The molecule has 21 heteroatoms. The van der Waals surface area contributed by atoms with Crippen LogP contribution in [-0.2, 0) is 39.3 Å². The molecule has 5 aromatic heterocycles. The summed E-state index contributed by atoms with van der Waals surface area (Å²) in [5, 5.41) is 23.6. The number of nitrogens with zero attached hydrogens (tertiary/aromatic N) is 14. The van der Waals surface area contributed by atoms with E-state index in [2.05, 4.69) is 75.2 Å². The average Bonchev–Trinajstić information content (AvgIpc) is 3.95. The Hall–Kier alpha value is -7.52. The van der Waals surface area contributed by atoms with Crippen LogP contribution in [0.2, 0.25) is 0 Å². The first-order valence-electron chi connectivity index (χ1n) is 21.6. The van der Waals surface area contributed by atoms with Crippen molar-refractivity contribution >= 4 is 51.4 Å². The van der Waals surface area contributed by atoms with Gasteiger partial charge in [-0.2, -0.15) is 10.2 Å². The maximum Gasteiger partial charge on any atom is 0.277 e. The summed E-state index contributed by atoms with van der Waals surface area (Å²) in [7, 11) is 1.85. The van der Waals surface area contributed by atoms with Gasteiger partial charge in [0.15, 0.2) is 5.65 Å². The summed E-state index contributed by atoms with van der Waals surface area (Å²) in [6.45, 7) is 7.34. The van der Waals surface area contributed by atoms with E-state index >= 15 is 0 Å². The number of carbonyl (C=O) groups excluding carboxylic acids is 3. The smallest absolute Gasteiger partial charge is 0.277 e. The third-order valence-corrected chi connectivity index (χ3v) is 12.2. The molecular weight excluding hydrogens is 833 g/mol. The Bertz CT molecular complexity index is 2980. The zero-order valence-corrected chi connectivity index (χ0v) is 35.9. The number of amides is 3. The summed E-state index contributed by atoms with van der Waals surface area (Å²) in [6.07, 6.45) is 9.16. The molecule has 2 N–H and O–H groups in total. The van der Waals surface area contributed by atoms with E-state index in [1.54, 1.807) is 46.9 Å². The first-order chi connectivity index (χ1) is 31.6. The number of morpholine rings is 1. The van der Waals surface area contributed by atoms with Crippen LogP contribution >= 0.6 is 0 Å². The number of carbonyl (C=O) groups is 3. The fraction of sp³-hybridized carbons (Fsp3) is 0.364. The molecule has 0 spiro atoms. The molecule has 2 atom stereocenters. The van der Waals surface area contributed by atoms with Gasteiger partial charge >= 0.3 is 0 Å². The van der Waals surface area contributed by atoms with Gasteiger partial charge in [0, 0.05) is 100 Å². The molecule has 65 heavy (non-hydrogen) atoms. The predicted molar refractivity (Wildman–Crippen MR) is 237 cm³/mol. The van der Waals surface area contributed by atoms with Gasteiger partial charge in [-0.25, -0.2) is 29.3 Å². The number of aryl methyl sites for hydroxylation is 2. The Morgan fingerprint density at radius 1 is 0.923 bits per heavy atom. The predicted octanol–water partition coefficient (Wildman–Crippen LogP) is 1.74. The van der Waals surface area contributed by atoms with Gasteiger partial charge in [0.05, 0.1) is 55.0 Å². The van der Waals surface area contributed by atoms with Crippen molar-refractivity contribution in [3.63, 3.8) is 0 Å². The molecule has 8 heterocycles. The molecule has 0 saturated carbocycles. The van der Waals surface area contributed by atoms with Crippen molar-refractivity contribution in [2.24, 2.45) is 7.05 Å². The highest BCUT2D eigenvalue weighted by atomic mass is 16.5. The van der Waals surface area contributed by atoms with Crippen LogP contribution in [0.3, 0.4) is 0 Å². The monoisotopic (exact) mass is 878 g/mol. The van der Waals surface area contributed by atoms with Crippen molar-refractivity contribution in [3.05, 3.63) is 95.1 Å². The molecule has 3 fully saturated rings. The molecule has 3 aliphatic rings. The number of hydrogen-bond donors (Lipinski definition) is 2. The fourth-order valence-corrected chi connectivity index (χ4v) is 8.65. The third kappa shape index (κ3) is 8.62. The standard InChI is InChI=1S/C44H46N16O5/c1-27-33-4-3-5-34(39(33)43(64)60(53-27)36-10-11-37(61)51-42(36)63)45-22-38(62)57-14-12-56(13-15-57)23-28-6-8-29(9-7-28)30-18-47-44(48-19-30)58-16-17-65-32(25-58)26-59-41-40(52-54-59)50-35(21-46-41)31-20-49-55(2)24-31/h3-9,18-21,24,32,36,45H,10-17,22-23,25-26H2,1-2H3,(H,51,61,63)/t32-,36?/m0/s1. The van der Waals surface area contributed by atoms with Crippen molar-refractivity contribution < 1.29 is 19.1 Å². The third-order valence-electron chi connectivity index (χ3n) is 12.2. The molecule has 0 bridgehead atoms. The summed E-state index contributed by atoms with van der Waals surface area (Å²) in [5.41, 5.74) is 6.29. The number of nitrogens with one attached hydrogen (secondary N) is 2. The molecule has 332 valence electrons. The van der Waals surface area contributed by atoms with Crippen molar-refractivity contribution in [1.29, 1.82) is 0 Å². The normalized spacial score (nSPS) is 18.4. The highest BCUT2D eigenvalue weighted by Crippen LogP contribution is 2.26. The van der Waals surface area contributed by atoms with Crippen LogP contribution in [0.15, 0.2) is 78.2 Å². The van der Waals surface area contributed by atoms with E-state index in [0.717, 1.165) is 46.6 Å². The lowest BCUT2D eigenvalue weighted by Gasteiger charge is -2.35. The number of hydrogen-bond acceptors (Lipinski definition) is 16. The summed E-state index contributed by atoms with van der Waals surface area (Å²) < 4.78 is 10.7. The molecule has 2 aromatic carbocycles. The number of piperidine rings is 1. The quantitative estimate of drug-likeness (QED) is 0.176. The number of anilines is 2. The van der Waals surface area contributed by atoms with Gasteiger partial charge in [-0.1, -0.05) is 41.6 Å². The van der Waals surface area contributed by atoms with Crippen LogP contribution in [-0.4, -0.2) is 141 Å². The van der Waals surface area contributed by atoms with E-state index in [9.17, 15) is 19.2 Å². The molecule has 3 saturated heterocycles. The van der Waals surface area contributed by atoms with Gasteiger partial charge < -0.3 is 19.9 Å². The Morgan fingerprint density at radius 3 is 2.51 bits per heavy atom. The van der Waals surface area contributed by atoms with Crippen LogP contribution < -0.4 is 21.1 Å². The minimum atomic E-state index is -0.886. The zero-order chi connectivity index (χ0) is 44.6. The first kappa shape index (κ1) is 41.5. The minimum absolute atomic E-state index is 0.00449. The number of imide groups is 1. The highest BCUT2D eigenvalue weighted by molar-refractivity contribution is 6.00. The van der Waals surface area contributed by atoms with Crippen LogP contribution in [0.4, 0.5) is 11.6 Å². The molecule has 21 nitrogen and oxygen atoms in total. The second-order valence-corrected chi connectivity index (χ2v) is 16.5. The molecule has 0 radical (unpaired) electrons. The van der Waals surface area contributed by atoms with Crippen molar-refractivity contribution in [3.8, 4) is 22.4 Å². The average molecular weight is 879 g/mol. The van der Waals surface area contributed by atoms with Crippen molar-refractivity contribution in [1.82, 2.24) is 69.6 Å². The van der Waals surface area contributed by atoms with E-state index in [1.165, 1.54) is 0 Å². The topological polar surface area (TPSA) is 229 Å². The first-order valence-corrected chi connectivity index (χ1v) is 21.6. The minimum Gasteiger partial charge on any atom is -0.375 e. The Morgan fingerprint density at radius 2 is 1.74 bits per heavy atom. The zero-order valence-electron chi connectivity index (χ0n) is 35.9. The van der Waals surface area contributed by atoms with E-state index < -0.39 is 17.5 Å². The lowest BCUT2D eigenvalue weighted by Crippen LogP contribution is -2.49. The number of fused-ring (bicyclic) bond motifs is 2. The van der Waals surface area contributed by atoms with E-state index in [0.29, 0.717) is 84.4 Å². The molecule has 0 aliphatic carbocycles. The summed E-state index contributed by atoms with van der Waals surface area (Å²) >= 11 is 0.